The maximum Gasteiger partial charge on any atom is 0.0989 e. The zero-order valence-corrected chi connectivity index (χ0v) is 11.1. The lowest BCUT2D eigenvalue weighted by Gasteiger charge is -2.24. The van der Waals surface area contributed by atoms with Gasteiger partial charge in [0.25, 0.3) is 0 Å². The highest BCUT2D eigenvalue weighted by atomic mass is 79.9. The van der Waals surface area contributed by atoms with E-state index in [1.807, 2.05) is 0 Å². The van der Waals surface area contributed by atoms with Crippen LogP contribution < -0.4 is 5.32 Å². The van der Waals surface area contributed by atoms with Crippen molar-refractivity contribution in [3.05, 3.63) is 26.3 Å². The summed E-state index contributed by atoms with van der Waals surface area (Å²) in [5.41, 5.74) is 1.12. The van der Waals surface area contributed by atoms with Crippen LogP contribution in [0.1, 0.15) is 10.9 Å². The third-order valence-corrected chi connectivity index (χ3v) is 5.13. The lowest BCUT2D eigenvalue weighted by molar-refractivity contribution is 0.447. The van der Waals surface area contributed by atoms with E-state index in [-0.39, 0.29) is 0 Å². The Morgan fingerprint density at radius 3 is 2.87 bits per heavy atom. The van der Waals surface area contributed by atoms with E-state index in [4.69, 9.17) is 0 Å². The summed E-state index contributed by atoms with van der Waals surface area (Å²) in [5, 5.41) is 6.70. The molecule has 78 valence electrons. The molecule has 0 amide bonds. The van der Waals surface area contributed by atoms with Crippen LogP contribution in [0.15, 0.2) is 21.3 Å². The van der Waals surface area contributed by atoms with Gasteiger partial charge in [-0.1, -0.05) is 0 Å². The predicted octanol–water partition coefficient (Wildman–Crippen LogP) is 3.32. The molecule has 3 rings (SSSR count). The van der Waals surface area contributed by atoms with Gasteiger partial charge < -0.3 is 5.32 Å². The maximum absolute atomic E-state index is 4.68. The highest BCUT2D eigenvalue weighted by molar-refractivity contribution is 9.11. The van der Waals surface area contributed by atoms with E-state index in [2.05, 4.69) is 43.7 Å². The van der Waals surface area contributed by atoms with Crippen LogP contribution in [0, 0.1) is 0 Å². The Morgan fingerprint density at radius 1 is 1.40 bits per heavy atom. The van der Waals surface area contributed by atoms with E-state index >= 15 is 0 Å². The Labute approximate surface area is 104 Å². The summed E-state index contributed by atoms with van der Waals surface area (Å²) in [5.74, 6) is 0.646. The average molecular weight is 301 g/mol. The van der Waals surface area contributed by atoms with E-state index in [9.17, 15) is 0 Å². The summed E-state index contributed by atoms with van der Waals surface area (Å²) in [6.45, 7) is 2.17. The monoisotopic (exact) mass is 300 g/mol. The van der Waals surface area contributed by atoms with Gasteiger partial charge in [-0.05, 0) is 28.1 Å². The predicted molar refractivity (Wildman–Crippen MR) is 68.7 cm³/mol. The van der Waals surface area contributed by atoms with Crippen molar-refractivity contribution in [2.24, 2.45) is 0 Å². The molecule has 0 radical (unpaired) electrons. The Balaban J connectivity index is 1.89. The molecule has 2 nitrogen and oxygen atoms in total. The summed E-state index contributed by atoms with van der Waals surface area (Å²) in [7, 11) is 0. The zero-order chi connectivity index (χ0) is 10.3. The van der Waals surface area contributed by atoms with Crippen LogP contribution in [0.4, 0.5) is 0 Å². The van der Waals surface area contributed by atoms with Gasteiger partial charge in [0.15, 0.2) is 0 Å². The Morgan fingerprint density at radius 2 is 2.27 bits per heavy atom. The van der Waals surface area contributed by atoms with Crippen molar-refractivity contribution in [2.75, 3.05) is 13.1 Å². The Kier molecular flexibility index (Phi) is 2.64. The lowest BCUT2D eigenvalue weighted by Crippen LogP contribution is -2.39. The molecule has 0 aliphatic carbocycles. The molecular formula is C10H9BrN2S2. The summed E-state index contributed by atoms with van der Waals surface area (Å²) >= 11 is 6.99. The topological polar surface area (TPSA) is 24.9 Å². The van der Waals surface area contributed by atoms with Crippen molar-refractivity contribution in [3.63, 3.8) is 0 Å². The van der Waals surface area contributed by atoms with Gasteiger partial charge in [0.2, 0.25) is 0 Å². The lowest BCUT2D eigenvalue weighted by atomic mass is 10.1. The minimum Gasteiger partial charge on any atom is -0.315 e. The smallest absolute Gasteiger partial charge is 0.0989 e. The largest absolute Gasteiger partial charge is 0.315 e. The third-order valence-electron chi connectivity index (χ3n) is 2.48. The highest BCUT2D eigenvalue weighted by Gasteiger charge is 2.22. The van der Waals surface area contributed by atoms with Crippen molar-refractivity contribution >= 4 is 38.6 Å². The fourth-order valence-corrected chi connectivity index (χ4v) is 3.85. The minimum absolute atomic E-state index is 0.646. The molecule has 15 heavy (non-hydrogen) atoms. The van der Waals surface area contributed by atoms with Crippen molar-refractivity contribution in [2.45, 2.75) is 5.92 Å². The molecule has 0 spiro atoms. The molecule has 1 saturated heterocycles. The zero-order valence-electron chi connectivity index (χ0n) is 7.87. The van der Waals surface area contributed by atoms with Crippen LogP contribution in [-0.2, 0) is 0 Å². The summed E-state index contributed by atoms with van der Waals surface area (Å²) in [6, 6.07) is 4.19. The quantitative estimate of drug-likeness (QED) is 0.920. The van der Waals surface area contributed by atoms with Gasteiger partial charge in [-0.3, -0.25) is 0 Å². The third kappa shape index (κ3) is 1.89. The van der Waals surface area contributed by atoms with E-state index in [1.165, 1.54) is 9.88 Å². The molecule has 0 atom stereocenters. The SMILES string of the molecule is Brc1ccc(-c2csc(C3CNC3)n2)s1. The summed E-state index contributed by atoms with van der Waals surface area (Å²) in [6.07, 6.45) is 0. The van der Waals surface area contributed by atoms with Gasteiger partial charge in [0.05, 0.1) is 19.4 Å². The molecule has 0 aromatic carbocycles. The molecule has 0 unspecified atom stereocenters. The van der Waals surface area contributed by atoms with Gasteiger partial charge in [-0.25, -0.2) is 4.98 Å². The first-order valence-electron chi connectivity index (χ1n) is 4.75. The number of hydrogen-bond donors (Lipinski definition) is 1. The Hall–Kier alpha value is -0.230. The fourth-order valence-electron chi connectivity index (χ4n) is 1.50. The molecule has 3 heterocycles. The molecule has 0 bridgehead atoms. The molecule has 2 aromatic heterocycles. The van der Waals surface area contributed by atoms with E-state index in [0.717, 1.165) is 22.6 Å². The fraction of sp³-hybridized carbons (Fsp3) is 0.300. The van der Waals surface area contributed by atoms with Crippen LogP contribution >= 0.6 is 38.6 Å². The molecule has 1 fully saturated rings. The van der Waals surface area contributed by atoms with Crippen molar-refractivity contribution in [3.8, 4) is 10.6 Å². The van der Waals surface area contributed by atoms with Gasteiger partial charge in [-0.2, -0.15) is 0 Å². The van der Waals surface area contributed by atoms with Gasteiger partial charge in [0, 0.05) is 24.4 Å². The molecular weight excluding hydrogens is 292 g/mol. The van der Waals surface area contributed by atoms with Crippen LogP contribution in [-0.4, -0.2) is 18.1 Å². The van der Waals surface area contributed by atoms with Gasteiger partial charge >= 0.3 is 0 Å². The maximum atomic E-state index is 4.68. The first-order valence-corrected chi connectivity index (χ1v) is 7.24. The van der Waals surface area contributed by atoms with Crippen LogP contribution in [0.5, 0.6) is 0 Å². The number of nitrogens with one attached hydrogen (secondary N) is 1. The summed E-state index contributed by atoms with van der Waals surface area (Å²) < 4.78 is 1.16. The summed E-state index contributed by atoms with van der Waals surface area (Å²) in [4.78, 5) is 5.93. The number of thiophene rings is 1. The number of aromatic nitrogens is 1. The van der Waals surface area contributed by atoms with Gasteiger partial charge in [0.1, 0.15) is 0 Å². The van der Waals surface area contributed by atoms with Crippen molar-refractivity contribution in [1.82, 2.24) is 10.3 Å². The van der Waals surface area contributed by atoms with Crippen molar-refractivity contribution < 1.29 is 0 Å². The van der Waals surface area contributed by atoms with E-state index < -0.39 is 0 Å². The average Bonchev–Trinajstić information content (AvgIpc) is 2.70. The molecule has 1 aliphatic heterocycles. The number of halogens is 1. The standard InChI is InChI=1S/C10H9BrN2S2/c11-9-2-1-8(15-9)7-5-14-10(13-7)6-3-12-4-6/h1-2,5-6,12H,3-4H2. The first kappa shape index (κ1) is 9.96. The molecule has 2 aromatic rings. The number of hydrogen-bond acceptors (Lipinski definition) is 4. The van der Waals surface area contributed by atoms with Crippen LogP contribution in [0.2, 0.25) is 0 Å². The minimum atomic E-state index is 0.646. The second-order valence-corrected chi connectivity index (χ2v) is 6.88. The van der Waals surface area contributed by atoms with Crippen LogP contribution in [0.25, 0.3) is 10.6 Å². The number of rotatable bonds is 2. The number of nitrogens with zero attached hydrogens (tertiary/aromatic N) is 1. The highest BCUT2D eigenvalue weighted by Crippen LogP contribution is 2.33. The number of thiazole rings is 1. The molecule has 1 aliphatic rings. The second kappa shape index (κ2) is 3.97. The van der Waals surface area contributed by atoms with Crippen molar-refractivity contribution in [1.29, 1.82) is 0 Å². The van der Waals surface area contributed by atoms with Gasteiger partial charge in [-0.15, -0.1) is 22.7 Å². The second-order valence-electron chi connectivity index (χ2n) is 3.53. The molecule has 1 N–H and O–H groups in total. The van der Waals surface area contributed by atoms with E-state index in [0.29, 0.717) is 5.92 Å². The van der Waals surface area contributed by atoms with Crippen LogP contribution in [0.3, 0.4) is 0 Å². The molecule has 5 heteroatoms. The molecule has 0 saturated carbocycles. The van der Waals surface area contributed by atoms with E-state index in [1.54, 1.807) is 22.7 Å². The normalized spacial score (nSPS) is 16.6. The first-order chi connectivity index (χ1) is 7.33. The Bertz CT molecular complexity index is 473.